The van der Waals surface area contributed by atoms with Crippen LogP contribution in [0.2, 0.25) is 0 Å². The number of carbonyl (C=O) groups excluding carboxylic acids is 1. The number of rotatable bonds is 5. The summed E-state index contributed by atoms with van der Waals surface area (Å²) in [5, 5.41) is 28.8. The standard InChI is InChI=1S/C11H11NO5/c13-4-2-1-3-8-5-10(12(16)17)6-9(7-14)11(8)15/h1,3,5-7,13,15H,2,4H2. The highest BCUT2D eigenvalue weighted by Gasteiger charge is 2.13. The molecule has 0 aliphatic heterocycles. The van der Waals surface area contributed by atoms with Crippen molar-refractivity contribution >= 4 is 18.0 Å². The van der Waals surface area contributed by atoms with E-state index in [1.807, 2.05) is 0 Å². The van der Waals surface area contributed by atoms with Gasteiger partial charge in [0, 0.05) is 24.3 Å². The average Bonchev–Trinajstić information content (AvgIpc) is 2.31. The van der Waals surface area contributed by atoms with Crippen LogP contribution in [0.5, 0.6) is 5.75 Å². The molecule has 0 saturated heterocycles. The first-order valence-electron chi connectivity index (χ1n) is 4.84. The summed E-state index contributed by atoms with van der Waals surface area (Å²) in [5.41, 5.74) is -0.230. The number of hydrogen-bond acceptors (Lipinski definition) is 5. The van der Waals surface area contributed by atoms with Gasteiger partial charge in [0.05, 0.1) is 10.5 Å². The lowest BCUT2D eigenvalue weighted by Crippen LogP contribution is -1.93. The molecule has 0 aliphatic carbocycles. The Bertz CT molecular complexity index is 467. The molecule has 6 heteroatoms. The fourth-order valence-corrected chi connectivity index (χ4v) is 1.27. The molecule has 0 fully saturated rings. The Labute approximate surface area is 97.0 Å². The summed E-state index contributed by atoms with van der Waals surface area (Å²) in [4.78, 5) is 20.6. The number of aliphatic hydroxyl groups is 1. The molecule has 0 bridgehead atoms. The summed E-state index contributed by atoms with van der Waals surface area (Å²) in [6, 6.07) is 2.17. The lowest BCUT2D eigenvalue weighted by molar-refractivity contribution is -0.384. The van der Waals surface area contributed by atoms with Gasteiger partial charge < -0.3 is 10.2 Å². The van der Waals surface area contributed by atoms with Gasteiger partial charge in [-0.05, 0) is 6.42 Å². The van der Waals surface area contributed by atoms with Crippen LogP contribution in [0, 0.1) is 10.1 Å². The molecule has 0 aliphatic rings. The average molecular weight is 237 g/mol. The number of nitro groups is 1. The normalized spacial score (nSPS) is 10.6. The van der Waals surface area contributed by atoms with Crippen molar-refractivity contribution < 1.29 is 19.9 Å². The van der Waals surface area contributed by atoms with Crippen LogP contribution in [0.1, 0.15) is 22.3 Å². The van der Waals surface area contributed by atoms with Crippen molar-refractivity contribution in [3.8, 4) is 5.75 Å². The Hall–Kier alpha value is -2.21. The number of aromatic hydroxyl groups is 1. The van der Waals surface area contributed by atoms with Crippen molar-refractivity contribution in [1.29, 1.82) is 0 Å². The van der Waals surface area contributed by atoms with Crippen molar-refractivity contribution in [3.05, 3.63) is 39.4 Å². The van der Waals surface area contributed by atoms with Gasteiger partial charge in [0.15, 0.2) is 6.29 Å². The Morgan fingerprint density at radius 2 is 2.00 bits per heavy atom. The van der Waals surface area contributed by atoms with Gasteiger partial charge in [-0.2, -0.15) is 0 Å². The van der Waals surface area contributed by atoms with Crippen molar-refractivity contribution in [2.45, 2.75) is 6.42 Å². The van der Waals surface area contributed by atoms with Crippen LogP contribution in [-0.4, -0.2) is 28.0 Å². The van der Waals surface area contributed by atoms with E-state index in [-0.39, 0.29) is 29.2 Å². The highest BCUT2D eigenvalue weighted by Crippen LogP contribution is 2.28. The van der Waals surface area contributed by atoms with Gasteiger partial charge in [-0.15, -0.1) is 0 Å². The third kappa shape index (κ3) is 3.12. The first kappa shape index (κ1) is 12.9. The Morgan fingerprint density at radius 1 is 1.35 bits per heavy atom. The molecule has 0 heterocycles. The highest BCUT2D eigenvalue weighted by atomic mass is 16.6. The summed E-state index contributed by atoms with van der Waals surface area (Å²) in [7, 11) is 0. The molecule has 0 unspecified atom stereocenters. The van der Waals surface area contributed by atoms with Crippen molar-refractivity contribution in [1.82, 2.24) is 0 Å². The van der Waals surface area contributed by atoms with E-state index in [0.717, 1.165) is 12.1 Å². The largest absolute Gasteiger partial charge is 0.507 e. The summed E-state index contributed by atoms with van der Waals surface area (Å²) in [5.74, 6) is -0.306. The van der Waals surface area contributed by atoms with Crippen LogP contribution in [-0.2, 0) is 0 Å². The number of phenolic OH excluding ortho intramolecular Hbond substituents is 1. The molecule has 6 nitrogen and oxygen atoms in total. The molecule has 1 rings (SSSR count). The summed E-state index contributed by atoms with van der Waals surface area (Å²) >= 11 is 0. The third-order valence-corrected chi connectivity index (χ3v) is 2.08. The predicted molar refractivity (Wildman–Crippen MR) is 60.9 cm³/mol. The zero-order valence-corrected chi connectivity index (χ0v) is 8.87. The minimum absolute atomic E-state index is 0.0628. The zero-order chi connectivity index (χ0) is 12.8. The number of hydrogen-bond donors (Lipinski definition) is 2. The molecule has 0 atom stereocenters. The Kier molecular flexibility index (Phi) is 4.36. The first-order valence-corrected chi connectivity index (χ1v) is 4.84. The van der Waals surface area contributed by atoms with E-state index < -0.39 is 4.92 Å². The fourth-order valence-electron chi connectivity index (χ4n) is 1.27. The number of nitrogens with zero attached hydrogens (tertiary/aromatic N) is 1. The molecule has 0 aromatic heterocycles. The second kappa shape index (κ2) is 5.76. The maximum atomic E-state index is 10.6. The van der Waals surface area contributed by atoms with Gasteiger partial charge in [0.2, 0.25) is 0 Å². The van der Waals surface area contributed by atoms with Crippen molar-refractivity contribution in [3.63, 3.8) is 0 Å². The molecule has 0 saturated carbocycles. The monoisotopic (exact) mass is 237 g/mol. The van der Waals surface area contributed by atoms with Crippen LogP contribution in [0.4, 0.5) is 5.69 Å². The van der Waals surface area contributed by atoms with Crippen LogP contribution < -0.4 is 0 Å². The van der Waals surface area contributed by atoms with Gasteiger partial charge in [0.25, 0.3) is 5.69 Å². The molecule has 1 aromatic carbocycles. The molecule has 0 amide bonds. The maximum absolute atomic E-state index is 10.6. The molecular weight excluding hydrogens is 226 g/mol. The summed E-state index contributed by atoms with van der Waals surface area (Å²) < 4.78 is 0. The molecular formula is C11H11NO5. The number of aldehydes is 1. The van der Waals surface area contributed by atoms with Crippen molar-refractivity contribution in [2.24, 2.45) is 0 Å². The van der Waals surface area contributed by atoms with Crippen LogP contribution in [0.25, 0.3) is 6.08 Å². The van der Waals surface area contributed by atoms with E-state index in [4.69, 9.17) is 5.11 Å². The number of aliphatic hydroxyl groups excluding tert-OH is 1. The summed E-state index contributed by atoms with van der Waals surface area (Å²) in [6.07, 6.45) is 3.68. The maximum Gasteiger partial charge on any atom is 0.271 e. The van der Waals surface area contributed by atoms with Gasteiger partial charge in [-0.3, -0.25) is 14.9 Å². The highest BCUT2D eigenvalue weighted by molar-refractivity contribution is 5.83. The number of non-ortho nitro benzene ring substituents is 1. The lowest BCUT2D eigenvalue weighted by Gasteiger charge is -2.02. The van der Waals surface area contributed by atoms with Gasteiger partial charge in [-0.25, -0.2) is 0 Å². The van der Waals surface area contributed by atoms with Crippen molar-refractivity contribution in [2.75, 3.05) is 6.61 Å². The molecule has 17 heavy (non-hydrogen) atoms. The van der Waals surface area contributed by atoms with Crippen LogP contribution in [0.15, 0.2) is 18.2 Å². The molecule has 0 spiro atoms. The minimum Gasteiger partial charge on any atom is -0.507 e. The van der Waals surface area contributed by atoms with E-state index in [0.29, 0.717) is 12.7 Å². The van der Waals surface area contributed by atoms with Crippen LogP contribution >= 0.6 is 0 Å². The molecule has 2 N–H and O–H groups in total. The lowest BCUT2D eigenvalue weighted by atomic mass is 10.1. The smallest absolute Gasteiger partial charge is 0.271 e. The van der Waals surface area contributed by atoms with E-state index in [2.05, 4.69) is 0 Å². The fraction of sp³-hybridized carbons (Fsp3) is 0.182. The van der Waals surface area contributed by atoms with Gasteiger partial charge >= 0.3 is 0 Å². The quantitative estimate of drug-likeness (QED) is 0.459. The minimum atomic E-state index is -0.643. The first-order chi connectivity index (χ1) is 8.10. The molecule has 90 valence electrons. The number of nitro benzene ring substituents is 1. The zero-order valence-electron chi connectivity index (χ0n) is 8.87. The van der Waals surface area contributed by atoms with E-state index >= 15 is 0 Å². The van der Waals surface area contributed by atoms with E-state index in [1.165, 1.54) is 6.08 Å². The number of carbonyl (C=O) groups is 1. The predicted octanol–water partition coefficient (Wildman–Crippen LogP) is 1.51. The second-order valence-corrected chi connectivity index (χ2v) is 3.26. The molecule has 0 radical (unpaired) electrons. The topological polar surface area (TPSA) is 101 Å². The van der Waals surface area contributed by atoms with E-state index in [1.54, 1.807) is 6.08 Å². The van der Waals surface area contributed by atoms with Gasteiger partial charge in [-0.1, -0.05) is 12.2 Å². The Morgan fingerprint density at radius 3 is 2.53 bits per heavy atom. The van der Waals surface area contributed by atoms with E-state index in [9.17, 15) is 20.0 Å². The van der Waals surface area contributed by atoms with Gasteiger partial charge in [0.1, 0.15) is 5.75 Å². The number of benzene rings is 1. The summed E-state index contributed by atoms with van der Waals surface area (Å²) in [6.45, 7) is -0.0628. The SMILES string of the molecule is O=Cc1cc([N+](=O)[O-])cc(C=CCCO)c1O. The third-order valence-electron chi connectivity index (χ3n) is 2.08. The molecule has 1 aromatic rings. The second-order valence-electron chi connectivity index (χ2n) is 3.26. The van der Waals surface area contributed by atoms with Crippen LogP contribution in [0.3, 0.4) is 0 Å². The Balaban J connectivity index is 3.22. The number of phenols is 1.